The molecule has 0 radical (unpaired) electrons. The minimum atomic E-state index is -0.317. The number of hydrogen-bond donors (Lipinski definition) is 1. The molecule has 5 nitrogen and oxygen atoms in total. The molecule has 0 fully saturated rings. The van der Waals surface area contributed by atoms with Crippen LogP contribution in [0, 0.1) is 0 Å². The quantitative estimate of drug-likeness (QED) is 0.562. The van der Waals surface area contributed by atoms with Crippen molar-refractivity contribution in [2.24, 2.45) is 0 Å². The summed E-state index contributed by atoms with van der Waals surface area (Å²) < 4.78 is 0. The highest BCUT2D eigenvalue weighted by molar-refractivity contribution is 7.14. The topological polar surface area (TPSA) is 67.8 Å². The molecule has 6 heteroatoms. The summed E-state index contributed by atoms with van der Waals surface area (Å²) >= 11 is 1.38. The lowest BCUT2D eigenvalue weighted by Gasteiger charge is -2.03. The average molecular weight is 372 g/mol. The van der Waals surface area contributed by atoms with E-state index in [-0.39, 0.29) is 11.6 Å². The third-order valence-corrected chi connectivity index (χ3v) is 4.78. The van der Waals surface area contributed by atoms with Gasteiger partial charge in [-0.25, -0.2) is 9.97 Å². The molecule has 4 rings (SSSR count). The van der Waals surface area contributed by atoms with Crippen LogP contribution in [0.1, 0.15) is 21.6 Å². The number of nitrogens with one attached hydrogen (secondary N) is 1. The number of hydrogen-bond acceptors (Lipinski definition) is 5. The first-order valence-electron chi connectivity index (χ1n) is 8.44. The number of thiazole rings is 1. The molecule has 0 saturated carbocycles. The Morgan fingerprint density at radius 2 is 1.74 bits per heavy atom. The number of nitrogens with zero attached hydrogens (tertiary/aromatic N) is 3. The number of amides is 1. The predicted molar refractivity (Wildman–Crippen MR) is 107 cm³/mol. The Hall–Kier alpha value is -3.38. The highest BCUT2D eigenvalue weighted by Crippen LogP contribution is 2.25. The van der Waals surface area contributed by atoms with E-state index in [1.165, 1.54) is 41.1 Å². The molecule has 0 aliphatic carbocycles. The molecule has 132 valence electrons. The third kappa shape index (κ3) is 4.24. The molecule has 0 bridgehead atoms. The van der Waals surface area contributed by atoms with Crippen LogP contribution in [0.25, 0.3) is 11.3 Å². The molecule has 0 saturated heterocycles. The van der Waals surface area contributed by atoms with Crippen LogP contribution in [-0.2, 0) is 6.42 Å². The first-order chi connectivity index (χ1) is 13.3. The van der Waals surface area contributed by atoms with E-state index in [4.69, 9.17) is 0 Å². The Balaban J connectivity index is 1.44. The van der Waals surface area contributed by atoms with Gasteiger partial charge in [-0.1, -0.05) is 54.6 Å². The van der Waals surface area contributed by atoms with Gasteiger partial charge in [-0.15, -0.1) is 11.3 Å². The summed E-state index contributed by atoms with van der Waals surface area (Å²) in [4.78, 5) is 24.5. The molecule has 2 aromatic carbocycles. The van der Waals surface area contributed by atoms with E-state index < -0.39 is 0 Å². The van der Waals surface area contributed by atoms with Gasteiger partial charge >= 0.3 is 0 Å². The van der Waals surface area contributed by atoms with Gasteiger partial charge in [0, 0.05) is 23.3 Å². The van der Waals surface area contributed by atoms with Crippen molar-refractivity contribution in [1.29, 1.82) is 0 Å². The lowest BCUT2D eigenvalue weighted by atomic mass is 10.0. The molecule has 0 spiro atoms. The Morgan fingerprint density at radius 1 is 0.963 bits per heavy atom. The van der Waals surface area contributed by atoms with Crippen molar-refractivity contribution in [3.05, 3.63) is 95.4 Å². The molecule has 2 heterocycles. The zero-order chi connectivity index (χ0) is 18.5. The summed E-state index contributed by atoms with van der Waals surface area (Å²) in [6.07, 6.45) is 5.34. The van der Waals surface area contributed by atoms with E-state index in [0.29, 0.717) is 5.13 Å². The van der Waals surface area contributed by atoms with Gasteiger partial charge in [-0.3, -0.25) is 15.1 Å². The maximum absolute atomic E-state index is 12.1. The summed E-state index contributed by atoms with van der Waals surface area (Å²) in [5.74, 6) is -0.317. The van der Waals surface area contributed by atoms with E-state index >= 15 is 0 Å². The lowest BCUT2D eigenvalue weighted by Crippen LogP contribution is -2.13. The molecule has 2 aromatic heterocycles. The van der Waals surface area contributed by atoms with Crippen molar-refractivity contribution in [3.8, 4) is 11.3 Å². The molecule has 0 unspecified atom stereocenters. The van der Waals surface area contributed by atoms with E-state index in [1.54, 1.807) is 0 Å². The maximum atomic E-state index is 12.1. The van der Waals surface area contributed by atoms with Crippen LogP contribution in [0.15, 0.2) is 78.6 Å². The fraction of sp³-hybridized carbons (Fsp3) is 0.0476. The standard InChI is InChI=1S/C21H16N4OS/c26-20(18-13-22-10-11-23-18)25-21-24-19(14-27-21)17-8-6-16(7-9-17)12-15-4-2-1-3-5-15/h1-11,13-14H,12H2,(H,24,25,26). The van der Waals surface area contributed by atoms with E-state index in [0.717, 1.165) is 17.7 Å². The van der Waals surface area contributed by atoms with Crippen LogP contribution in [-0.4, -0.2) is 20.9 Å². The molecule has 4 aromatic rings. The van der Waals surface area contributed by atoms with E-state index in [2.05, 4.69) is 68.8 Å². The fourth-order valence-corrected chi connectivity index (χ4v) is 3.38. The van der Waals surface area contributed by atoms with Crippen molar-refractivity contribution >= 4 is 22.4 Å². The van der Waals surface area contributed by atoms with Crippen LogP contribution < -0.4 is 5.32 Å². The van der Waals surface area contributed by atoms with Crippen molar-refractivity contribution in [3.63, 3.8) is 0 Å². The number of aromatic nitrogens is 3. The van der Waals surface area contributed by atoms with Gasteiger partial charge in [-0.05, 0) is 17.5 Å². The fourth-order valence-electron chi connectivity index (χ4n) is 2.67. The Bertz CT molecular complexity index is 1030. The molecule has 1 amide bonds. The van der Waals surface area contributed by atoms with Crippen LogP contribution in [0.2, 0.25) is 0 Å². The molecular weight excluding hydrogens is 356 g/mol. The first kappa shape index (κ1) is 17.1. The monoisotopic (exact) mass is 372 g/mol. The van der Waals surface area contributed by atoms with Gasteiger partial charge in [0.15, 0.2) is 5.13 Å². The van der Waals surface area contributed by atoms with E-state index in [1.807, 2.05) is 11.4 Å². The molecule has 0 aliphatic heterocycles. The predicted octanol–water partition coefficient (Wildman–Crippen LogP) is 4.44. The van der Waals surface area contributed by atoms with Crippen LogP contribution in [0.5, 0.6) is 0 Å². The first-order valence-corrected chi connectivity index (χ1v) is 9.32. The number of rotatable bonds is 5. The normalized spacial score (nSPS) is 10.5. The van der Waals surface area contributed by atoms with Gasteiger partial charge in [-0.2, -0.15) is 0 Å². The lowest BCUT2D eigenvalue weighted by molar-refractivity contribution is 0.102. The van der Waals surface area contributed by atoms with Crippen molar-refractivity contribution in [2.75, 3.05) is 5.32 Å². The summed E-state index contributed by atoms with van der Waals surface area (Å²) in [6, 6.07) is 18.7. The zero-order valence-corrected chi connectivity index (χ0v) is 15.2. The number of benzene rings is 2. The zero-order valence-electron chi connectivity index (χ0n) is 14.4. The Labute approximate surface area is 160 Å². The summed E-state index contributed by atoms with van der Waals surface area (Å²) in [5, 5.41) is 5.22. The van der Waals surface area contributed by atoms with E-state index in [9.17, 15) is 4.79 Å². The van der Waals surface area contributed by atoms with Crippen molar-refractivity contribution < 1.29 is 4.79 Å². The van der Waals surface area contributed by atoms with Crippen LogP contribution in [0.3, 0.4) is 0 Å². The maximum Gasteiger partial charge on any atom is 0.277 e. The number of carbonyl (C=O) groups excluding carboxylic acids is 1. The SMILES string of the molecule is O=C(Nc1nc(-c2ccc(Cc3ccccc3)cc2)cs1)c1cnccn1. The second kappa shape index (κ2) is 7.88. The highest BCUT2D eigenvalue weighted by Gasteiger charge is 2.11. The van der Waals surface area contributed by atoms with Gasteiger partial charge in [0.05, 0.1) is 11.9 Å². The average Bonchev–Trinajstić information content (AvgIpc) is 3.18. The second-order valence-electron chi connectivity index (χ2n) is 5.94. The molecular formula is C21H16N4OS. The van der Waals surface area contributed by atoms with Gasteiger partial charge in [0.25, 0.3) is 5.91 Å². The van der Waals surface area contributed by atoms with Crippen molar-refractivity contribution in [2.45, 2.75) is 6.42 Å². The third-order valence-electron chi connectivity index (χ3n) is 4.02. The summed E-state index contributed by atoms with van der Waals surface area (Å²) in [7, 11) is 0. The molecule has 0 atom stereocenters. The van der Waals surface area contributed by atoms with Crippen molar-refractivity contribution in [1.82, 2.24) is 15.0 Å². The number of anilines is 1. The Morgan fingerprint density at radius 3 is 2.48 bits per heavy atom. The Kier molecular flexibility index (Phi) is 4.98. The largest absolute Gasteiger partial charge is 0.296 e. The van der Waals surface area contributed by atoms with Gasteiger partial charge < -0.3 is 0 Å². The summed E-state index contributed by atoms with van der Waals surface area (Å²) in [6.45, 7) is 0. The van der Waals surface area contributed by atoms with Crippen LogP contribution in [0.4, 0.5) is 5.13 Å². The van der Waals surface area contributed by atoms with Gasteiger partial charge in [0.2, 0.25) is 0 Å². The highest BCUT2D eigenvalue weighted by atomic mass is 32.1. The molecule has 0 aliphatic rings. The minimum Gasteiger partial charge on any atom is -0.296 e. The number of carbonyl (C=O) groups is 1. The summed E-state index contributed by atoms with van der Waals surface area (Å²) in [5.41, 5.74) is 4.65. The second-order valence-corrected chi connectivity index (χ2v) is 6.80. The minimum absolute atomic E-state index is 0.263. The molecule has 27 heavy (non-hydrogen) atoms. The molecule has 1 N–H and O–H groups in total. The smallest absolute Gasteiger partial charge is 0.277 e. The van der Waals surface area contributed by atoms with Crippen LogP contribution >= 0.6 is 11.3 Å². The van der Waals surface area contributed by atoms with Gasteiger partial charge in [0.1, 0.15) is 5.69 Å².